The van der Waals surface area contributed by atoms with E-state index < -0.39 is 0 Å². The van der Waals surface area contributed by atoms with Crippen LogP contribution in [0.5, 0.6) is 5.75 Å². The van der Waals surface area contributed by atoms with Gasteiger partial charge in [0, 0.05) is 32.7 Å². The van der Waals surface area contributed by atoms with Crippen LogP contribution in [0.1, 0.15) is 13.8 Å². The average Bonchev–Trinajstić information content (AvgIpc) is 2.54. The second kappa shape index (κ2) is 9.53. The molecule has 0 spiro atoms. The summed E-state index contributed by atoms with van der Waals surface area (Å²) in [6, 6.07) is 9.66. The number of hydrogen-bond donors (Lipinski definition) is 1. The maximum absolute atomic E-state index is 12.0. The molecule has 0 bridgehead atoms. The fourth-order valence-electron chi connectivity index (χ4n) is 2.78. The molecule has 5 heteroatoms. The van der Waals surface area contributed by atoms with E-state index in [1.54, 1.807) is 0 Å². The number of piperazine rings is 1. The molecule has 1 fully saturated rings. The summed E-state index contributed by atoms with van der Waals surface area (Å²) >= 11 is 0. The lowest BCUT2D eigenvalue weighted by molar-refractivity contribution is -0.122. The Balaban J connectivity index is 1.55. The number of hydrogen-bond acceptors (Lipinski definition) is 4. The summed E-state index contributed by atoms with van der Waals surface area (Å²) in [6.07, 6.45) is 0. The number of nitrogens with one attached hydrogen (secondary N) is 1. The van der Waals surface area contributed by atoms with Gasteiger partial charge in [-0.2, -0.15) is 0 Å². The molecule has 1 aromatic rings. The van der Waals surface area contributed by atoms with E-state index in [1.165, 1.54) is 0 Å². The number of para-hydroxylation sites is 1. The van der Waals surface area contributed by atoms with Crippen molar-refractivity contribution in [3.63, 3.8) is 0 Å². The zero-order chi connectivity index (χ0) is 16.5. The van der Waals surface area contributed by atoms with Gasteiger partial charge in [0.1, 0.15) is 12.4 Å². The molecule has 1 saturated heterocycles. The van der Waals surface area contributed by atoms with Crippen molar-refractivity contribution in [2.24, 2.45) is 5.92 Å². The highest BCUT2D eigenvalue weighted by Crippen LogP contribution is 2.07. The lowest BCUT2D eigenvalue weighted by Crippen LogP contribution is -2.50. The first-order chi connectivity index (χ1) is 11.1. The Morgan fingerprint density at radius 2 is 1.78 bits per heavy atom. The van der Waals surface area contributed by atoms with Crippen LogP contribution in [0.25, 0.3) is 0 Å². The van der Waals surface area contributed by atoms with Gasteiger partial charge in [-0.3, -0.25) is 9.69 Å². The Kier molecular flexibility index (Phi) is 7.36. The van der Waals surface area contributed by atoms with E-state index in [4.69, 9.17) is 4.74 Å². The van der Waals surface area contributed by atoms with Gasteiger partial charge in [0.25, 0.3) is 0 Å². The van der Waals surface area contributed by atoms with Crippen molar-refractivity contribution in [3.05, 3.63) is 30.3 Å². The largest absolute Gasteiger partial charge is 0.492 e. The van der Waals surface area contributed by atoms with E-state index in [0.717, 1.165) is 38.5 Å². The zero-order valence-electron chi connectivity index (χ0n) is 14.3. The number of rotatable bonds is 8. The van der Waals surface area contributed by atoms with Crippen molar-refractivity contribution < 1.29 is 9.53 Å². The number of benzene rings is 1. The smallest absolute Gasteiger partial charge is 0.234 e. The number of ether oxygens (including phenoxy) is 1. The van der Waals surface area contributed by atoms with E-state index in [0.29, 0.717) is 25.6 Å². The Labute approximate surface area is 139 Å². The summed E-state index contributed by atoms with van der Waals surface area (Å²) < 4.78 is 5.56. The molecule has 1 N–H and O–H groups in total. The third-order valence-electron chi connectivity index (χ3n) is 3.89. The van der Waals surface area contributed by atoms with Crippen LogP contribution in [0, 0.1) is 5.92 Å². The van der Waals surface area contributed by atoms with Crippen molar-refractivity contribution in [1.82, 2.24) is 15.1 Å². The maximum atomic E-state index is 12.0. The van der Waals surface area contributed by atoms with Crippen LogP contribution in [0.15, 0.2) is 30.3 Å². The molecule has 1 aliphatic rings. The normalized spacial score (nSPS) is 16.5. The Bertz CT molecular complexity index is 457. The molecule has 0 unspecified atom stereocenters. The number of carbonyl (C=O) groups is 1. The fraction of sp³-hybridized carbons (Fsp3) is 0.611. The predicted molar refractivity (Wildman–Crippen MR) is 92.7 cm³/mol. The average molecular weight is 319 g/mol. The Hall–Kier alpha value is -1.59. The van der Waals surface area contributed by atoms with Gasteiger partial charge in [0.2, 0.25) is 5.91 Å². The summed E-state index contributed by atoms with van der Waals surface area (Å²) in [5.74, 6) is 1.62. The van der Waals surface area contributed by atoms with Crippen LogP contribution in [0.4, 0.5) is 0 Å². The van der Waals surface area contributed by atoms with E-state index in [2.05, 4.69) is 29.0 Å². The minimum absolute atomic E-state index is 0.0824. The molecule has 23 heavy (non-hydrogen) atoms. The molecular weight excluding hydrogens is 290 g/mol. The second-order valence-corrected chi connectivity index (χ2v) is 6.48. The van der Waals surface area contributed by atoms with E-state index in [9.17, 15) is 4.79 Å². The maximum Gasteiger partial charge on any atom is 0.234 e. The number of amides is 1. The SMILES string of the molecule is CC(C)CN1CCN(CC(=O)NCCOc2ccccc2)CC1. The van der Waals surface area contributed by atoms with Crippen molar-refractivity contribution in [3.8, 4) is 5.75 Å². The highest BCUT2D eigenvalue weighted by Gasteiger charge is 2.19. The molecule has 2 rings (SSSR count). The fourth-order valence-corrected chi connectivity index (χ4v) is 2.78. The lowest BCUT2D eigenvalue weighted by Gasteiger charge is -2.35. The van der Waals surface area contributed by atoms with Gasteiger partial charge in [0.05, 0.1) is 13.1 Å². The summed E-state index contributed by atoms with van der Waals surface area (Å²) in [4.78, 5) is 16.7. The van der Waals surface area contributed by atoms with Gasteiger partial charge in [-0.05, 0) is 18.1 Å². The topological polar surface area (TPSA) is 44.8 Å². The number of nitrogens with zero attached hydrogens (tertiary/aromatic N) is 2. The van der Waals surface area contributed by atoms with Crippen LogP contribution >= 0.6 is 0 Å². The van der Waals surface area contributed by atoms with E-state index in [-0.39, 0.29) is 5.91 Å². The lowest BCUT2D eigenvalue weighted by atomic mass is 10.2. The third-order valence-corrected chi connectivity index (χ3v) is 3.89. The first-order valence-electron chi connectivity index (χ1n) is 8.53. The minimum atomic E-state index is 0.0824. The standard InChI is InChI=1S/C18H29N3O2/c1-16(2)14-20-9-11-21(12-10-20)15-18(22)19-8-13-23-17-6-4-3-5-7-17/h3-7,16H,8-15H2,1-2H3,(H,19,22). The van der Waals surface area contributed by atoms with Crippen molar-refractivity contribution in [2.75, 3.05) is 52.4 Å². The Morgan fingerprint density at radius 3 is 2.43 bits per heavy atom. The van der Waals surface area contributed by atoms with Crippen molar-refractivity contribution in [1.29, 1.82) is 0 Å². The highest BCUT2D eigenvalue weighted by atomic mass is 16.5. The first kappa shape index (κ1) is 17.8. The zero-order valence-corrected chi connectivity index (χ0v) is 14.3. The molecule has 0 saturated carbocycles. The summed E-state index contributed by atoms with van der Waals surface area (Å²) in [5.41, 5.74) is 0. The molecular formula is C18H29N3O2. The molecule has 1 aliphatic heterocycles. The van der Waals surface area contributed by atoms with Gasteiger partial charge in [-0.15, -0.1) is 0 Å². The van der Waals surface area contributed by atoms with Crippen LogP contribution in [0.2, 0.25) is 0 Å². The second-order valence-electron chi connectivity index (χ2n) is 6.48. The molecule has 0 aliphatic carbocycles. The Morgan fingerprint density at radius 1 is 1.13 bits per heavy atom. The van der Waals surface area contributed by atoms with Crippen LogP contribution in [0.3, 0.4) is 0 Å². The van der Waals surface area contributed by atoms with Crippen LogP contribution < -0.4 is 10.1 Å². The van der Waals surface area contributed by atoms with Crippen LogP contribution in [-0.2, 0) is 4.79 Å². The monoisotopic (exact) mass is 319 g/mol. The molecule has 0 atom stereocenters. The van der Waals surface area contributed by atoms with Gasteiger partial charge in [-0.25, -0.2) is 0 Å². The molecule has 1 amide bonds. The van der Waals surface area contributed by atoms with Crippen molar-refractivity contribution >= 4 is 5.91 Å². The summed E-state index contributed by atoms with van der Waals surface area (Å²) in [5, 5.41) is 2.92. The number of carbonyl (C=O) groups excluding carboxylic acids is 1. The van der Waals surface area contributed by atoms with Crippen molar-refractivity contribution in [2.45, 2.75) is 13.8 Å². The first-order valence-corrected chi connectivity index (χ1v) is 8.53. The van der Waals surface area contributed by atoms with Gasteiger partial charge in [0.15, 0.2) is 0 Å². The summed E-state index contributed by atoms with van der Waals surface area (Å²) in [7, 11) is 0. The molecule has 0 aromatic heterocycles. The molecule has 1 heterocycles. The predicted octanol–water partition coefficient (Wildman–Crippen LogP) is 1.46. The quantitative estimate of drug-likeness (QED) is 0.737. The molecule has 128 valence electrons. The molecule has 5 nitrogen and oxygen atoms in total. The van der Waals surface area contributed by atoms with Gasteiger partial charge < -0.3 is 15.0 Å². The third kappa shape index (κ3) is 7.01. The van der Waals surface area contributed by atoms with Gasteiger partial charge >= 0.3 is 0 Å². The van der Waals surface area contributed by atoms with E-state index >= 15 is 0 Å². The van der Waals surface area contributed by atoms with E-state index in [1.807, 2.05) is 30.3 Å². The van der Waals surface area contributed by atoms with Crippen LogP contribution in [-0.4, -0.2) is 68.1 Å². The highest BCUT2D eigenvalue weighted by molar-refractivity contribution is 5.78. The van der Waals surface area contributed by atoms with Gasteiger partial charge in [-0.1, -0.05) is 32.0 Å². The molecule has 0 radical (unpaired) electrons. The molecule has 1 aromatic carbocycles. The minimum Gasteiger partial charge on any atom is -0.492 e. The summed E-state index contributed by atoms with van der Waals surface area (Å²) in [6.45, 7) is 11.2.